The van der Waals surface area contributed by atoms with Crippen molar-refractivity contribution in [3.63, 3.8) is 0 Å². The third-order valence-electron chi connectivity index (χ3n) is 7.11. The number of hydrogen-bond donors (Lipinski definition) is 3. The number of carbonyl (C=O) groups is 3. The minimum absolute atomic E-state index is 0.00735. The first kappa shape index (κ1) is 23.8. The zero-order valence-electron chi connectivity index (χ0n) is 19.5. The normalized spacial score (nSPS) is 16.9. The van der Waals surface area contributed by atoms with Gasteiger partial charge in [0.15, 0.2) is 0 Å². The average Bonchev–Trinajstić information content (AvgIpc) is 3.47. The molecule has 1 saturated carbocycles. The molecule has 0 aromatic heterocycles. The Morgan fingerprint density at radius 1 is 1.00 bits per heavy atom. The molecule has 4 rings (SSSR count). The molecule has 0 bridgehead atoms. The summed E-state index contributed by atoms with van der Waals surface area (Å²) in [5.74, 6) is -1.10. The summed E-state index contributed by atoms with van der Waals surface area (Å²) in [5, 5.41) is 14.4. The van der Waals surface area contributed by atoms with Crippen LogP contribution in [0.2, 0.25) is 0 Å². The monoisotopic (exact) mass is 464 g/mol. The standard InChI is InChI=1S/C27H32N2O5/c1-17(26(31)32)29-25(30)14-19(18-8-2-3-9-18)15-28-27(33)34-16-24-22-12-6-4-10-20(22)21-11-5-7-13-23(21)24/h4-7,10-13,17-19,24H,2-3,8-9,14-16H2,1H3,(H,28,33)(H,29,30)(H,31,32)/t17-,19?/m1/s1. The summed E-state index contributed by atoms with van der Waals surface area (Å²) in [5.41, 5.74) is 4.67. The topological polar surface area (TPSA) is 105 Å². The fourth-order valence-corrected chi connectivity index (χ4v) is 5.30. The van der Waals surface area contributed by atoms with E-state index in [0.29, 0.717) is 12.5 Å². The third-order valence-corrected chi connectivity index (χ3v) is 7.11. The molecule has 1 unspecified atom stereocenters. The van der Waals surface area contributed by atoms with Gasteiger partial charge in [-0.05, 0) is 41.0 Å². The Balaban J connectivity index is 1.33. The Labute approximate surface area is 199 Å². The van der Waals surface area contributed by atoms with Crippen molar-refractivity contribution in [1.82, 2.24) is 10.6 Å². The molecule has 2 aromatic carbocycles. The molecule has 0 spiro atoms. The largest absolute Gasteiger partial charge is 0.480 e. The van der Waals surface area contributed by atoms with E-state index in [0.717, 1.165) is 36.8 Å². The SMILES string of the molecule is C[C@@H](NC(=O)CC(CNC(=O)OCC1c2ccccc2-c2ccccc21)C1CCCC1)C(=O)O. The molecule has 2 amide bonds. The molecule has 0 aliphatic heterocycles. The van der Waals surface area contributed by atoms with Gasteiger partial charge < -0.3 is 20.5 Å². The van der Waals surface area contributed by atoms with E-state index in [2.05, 4.69) is 34.9 Å². The van der Waals surface area contributed by atoms with Gasteiger partial charge in [0.1, 0.15) is 12.6 Å². The lowest BCUT2D eigenvalue weighted by Gasteiger charge is -2.24. The maximum absolute atomic E-state index is 12.6. The van der Waals surface area contributed by atoms with E-state index in [1.165, 1.54) is 18.1 Å². The highest BCUT2D eigenvalue weighted by Gasteiger charge is 2.30. The second-order valence-corrected chi connectivity index (χ2v) is 9.34. The average molecular weight is 465 g/mol. The van der Waals surface area contributed by atoms with Crippen molar-refractivity contribution < 1.29 is 24.2 Å². The van der Waals surface area contributed by atoms with Gasteiger partial charge in [-0.15, -0.1) is 0 Å². The molecule has 7 heteroatoms. The second kappa shape index (κ2) is 10.7. The molecule has 2 atom stereocenters. The van der Waals surface area contributed by atoms with Gasteiger partial charge in [0, 0.05) is 18.9 Å². The summed E-state index contributed by atoms with van der Waals surface area (Å²) in [6.07, 6.45) is 3.94. The smallest absolute Gasteiger partial charge is 0.407 e. The maximum atomic E-state index is 12.6. The van der Waals surface area contributed by atoms with Gasteiger partial charge in [-0.1, -0.05) is 74.2 Å². The van der Waals surface area contributed by atoms with E-state index in [9.17, 15) is 14.4 Å². The van der Waals surface area contributed by atoms with Crippen molar-refractivity contribution in [1.29, 1.82) is 0 Å². The summed E-state index contributed by atoms with van der Waals surface area (Å²) in [6, 6.07) is 15.4. The number of amides is 2. The maximum Gasteiger partial charge on any atom is 0.407 e. The third kappa shape index (κ3) is 5.41. The summed E-state index contributed by atoms with van der Waals surface area (Å²) in [4.78, 5) is 36.0. The summed E-state index contributed by atoms with van der Waals surface area (Å²) < 4.78 is 5.63. The summed E-state index contributed by atoms with van der Waals surface area (Å²) >= 11 is 0. The lowest BCUT2D eigenvalue weighted by atomic mass is 9.87. The molecular weight excluding hydrogens is 432 g/mol. The first-order valence-electron chi connectivity index (χ1n) is 12.0. The van der Waals surface area contributed by atoms with E-state index in [1.54, 1.807) is 0 Å². The van der Waals surface area contributed by atoms with Crippen LogP contribution in [-0.2, 0) is 14.3 Å². The fraction of sp³-hybridized carbons (Fsp3) is 0.444. The Morgan fingerprint density at radius 2 is 1.59 bits per heavy atom. The van der Waals surface area contributed by atoms with Crippen LogP contribution in [0.1, 0.15) is 56.1 Å². The quantitative estimate of drug-likeness (QED) is 0.513. The predicted molar refractivity (Wildman–Crippen MR) is 128 cm³/mol. The number of ether oxygens (including phenoxy) is 1. The van der Waals surface area contributed by atoms with Crippen molar-refractivity contribution in [2.75, 3.05) is 13.2 Å². The van der Waals surface area contributed by atoms with Crippen LogP contribution in [0.3, 0.4) is 0 Å². The van der Waals surface area contributed by atoms with E-state index in [-0.39, 0.29) is 30.8 Å². The van der Waals surface area contributed by atoms with Crippen molar-refractivity contribution in [3.05, 3.63) is 59.7 Å². The molecule has 2 aliphatic rings. The predicted octanol–water partition coefficient (Wildman–Crippen LogP) is 4.31. The van der Waals surface area contributed by atoms with Gasteiger partial charge in [-0.25, -0.2) is 4.79 Å². The van der Waals surface area contributed by atoms with Crippen LogP contribution in [0.15, 0.2) is 48.5 Å². The van der Waals surface area contributed by atoms with Crippen molar-refractivity contribution >= 4 is 18.0 Å². The molecule has 2 aliphatic carbocycles. The summed E-state index contributed by atoms with van der Waals surface area (Å²) in [6.45, 7) is 2.01. The zero-order valence-corrected chi connectivity index (χ0v) is 19.5. The van der Waals surface area contributed by atoms with Gasteiger partial charge in [0.05, 0.1) is 0 Å². The number of alkyl carbamates (subject to hydrolysis) is 1. The first-order valence-corrected chi connectivity index (χ1v) is 12.0. The molecular formula is C27H32N2O5. The number of aliphatic carboxylic acids is 1. The minimum atomic E-state index is -1.07. The van der Waals surface area contributed by atoms with Crippen LogP contribution in [0.25, 0.3) is 11.1 Å². The number of carboxylic acid groups (broad SMARTS) is 1. The van der Waals surface area contributed by atoms with E-state index < -0.39 is 18.1 Å². The van der Waals surface area contributed by atoms with Crippen molar-refractivity contribution in [2.45, 2.75) is 51.0 Å². The molecule has 7 nitrogen and oxygen atoms in total. The van der Waals surface area contributed by atoms with Gasteiger partial charge in [0.2, 0.25) is 5.91 Å². The van der Waals surface area contributed by atoms with Crippen molar-refractivity contribution in [2.24, 2.45) is 11.8 Å². The highest BCUT2D eigenvalue weighted by molar-refractivity contribution is 5.83. The summed E-state index contributed by atoms with van der Waals surface area (Å²) in [7, 11) is 0. The Hall–Kier alpha value is -3.35. The second-order valence-electron chi connectivity index (χ2n) is 9.34. The minimum Gasteiger partial charge on any atom is -0.480 e. The number of fused-ring (bicyclic) bond motifs is 3. The van der Waals surface area contributed by atoms with Crippen LogP contribution in [0.4, 0.5) is 4.79 Å². The Kier molecular flexibility index (Phi) is 7.50. The zero-order chi connectivity index (χ0) is 24.1. The molecule has 180 valence electrons. The highest BCUT2D eigenvalue weighted by Crippen LogP contribution is 2.44. The first-order chi connectivity index (χ1) is 16.4. The Morgan fingerprint density at radius 3 is 2.18 bits per heavy atom. The van der Waals surface area contributed by atoms with E-state index in [1.807, 2.05) is 24.3 Å². The van der Waals surface area contributed by atoms with Crippen LogP contribution in [0, 0.1) is 11.8 Å². The van der Waals surface area contributed by atoms with E-state index in [4.69, 9.17) is 9.84 Å². The molecule has 0 radical (unpaired) electrons. The number of carbonyl (C=O) groups excluding carboxylic acids is 2. The van der Waals surface area contributed by atoms with Gasteiger partial charge in [0.25, 0.3) is 0 Å². The van der Waals surface area contributed by atoms with Crippen LogP contribution >= 0.6 is 0 Å². The van der Waals surface area contributed by atoms with Crippen LogP contribution < -0.4 is 10.6 Å². The number of benzene rings is 2. The van der Waals surface area contributed by atoms with Gasteiger partial charge in [-0.2, -0.15) is 0 Å². The van der Waals surface area contributed by atoms with Crippen LogP contribution in [0.5, 0.6) is 0 Å². The molecule has 34 heavy (non-hydrogen) atoms. The lowest BCUT2D eigenvalue weighted by molar-refractivity contribution is -0.141. The molecule has 0 saturated heterocycles. The lowest BCUT2D eigenvalue weighted by Crippen LogP contribution is -2.41. The van der Waals surface area contributed by atoms with Gasteiger partial charge in [-0.3, -0.25) is 9.59 Å². The number of nitrogens with one attached hydrogen (secondary N) is 2. The van der Waals surface area contributed by atoms with Crippen LogP contribution in [-0.4, -0.2) is 42.3 Å². The van der Waals surface area contributed by atoms with E-state index >= 15 is 0 Å². The Bertz CT molecular complexity index is 1000. The highest BCUT2D eigenvalue weighted by atomic mass is 16.5. The molecule has 2 aromatic rings. The fourth-order valence-electron chi connectivity index (χ4n) is 5.30. The molecule has 3 N–H and O–H groups in total. The van der Waals surface area contributed by atoms with Crippen molar-refractivity contribution in [3.8, 4) is 11.1 Å². The number of rotatable bonds is 9. The number of hydrogen-bond acceptors (Lipinski definition) is 4. The molecule has 1 fully saturated rings. The number of carboxylic acids is 1. The van der Waals surface area contributed by atoms with Gasteiger partial charge >= 0.3 is 12.1 Å². The molecule has 0 heterocycles.